The molecule has 4 rings (SSSR count). The Kier molecular flexibility index (Phi) is 3.24. The minimum absolute atomic E-state index is 0.0851. The lowest BCUT2D eigenvalue weighted by molar-refractivity contribution is 0.0671. The summed E-state index contributed by atoms with van der Waals surface area (Å²) in [6, 6.07) is 0.326. The average Bonchev–Trinajstić information content (AvgIpc) is 3.22. The van der Waals surface area contributed by atoms with Gasteiger partial charge in [-0.15, -0.1) is 0 Å². The van der Waals surface area contributed by atoms with Gasteiger partial charge in [0.1, 0.15) is 5.82 Å². The van der Waals surface area contributed by atoms with Gasteiger partial charge in [0.05, 0.1) is 6.04 Å². The number of imidazole rings is 1. The Labute approximate surface area is 129 Å². The zero-order valence-corrected chi connectivity index (χ0v) is 12.9. The molecule has 0 spiro atoms. The van der Waals surface area contributed by atoms with Crippen LogP contribution in [0.3, 0.4) is 0 Å². The van der Waals surface area contributed by atoms with Gasteiger partial charge in [-0.25, -0.2) is 4.98 Å². The number of hydrogen-bond acceptors (Lipinski definition) is 3. The first kappa shape index (κ1) is 13.5. The molecule has 0 bridgehead atoms. The van der Waals surface area contributed by atoms with Gasteiger partial charge in [-0.05, 0) is 39.0 Å². The Morgan fingerprint density at radius 2 is 2.27 bits per heavy atom. The molecule has 1 N–H and O–H groups in total. The molecule has 3 heterocycles. The molecule has 0 unspecified atom stereocenters. The van der Waals surface area contributed by atoms with Crippen LogP contribution in [-0.2, 0) is 12.8 Å². The van der Waals surface area contributed by atoms with E-state index in [0.717, 1.165) is 62.3 Å². The van der Waals surface area contributed by atoms with E-state index in [-0.39, 0.29) is 5.91 Å². The number of piperidine rings is 1. The lowest BCUT2D eigenvalue weighted by Crippen LogP contribution is -2.41. The third kappa shape index (κ3) is 2.14. The number of hydrogen-bond donors (Lipinski definition) is 1. The summed E-state index contributed by atoms with van der Waals surface area (Å²) in [6.07, 6.45) is 9.09. The predicted molar refractivity (Wildman–Crippen MR) is 81.8 cm³/mol. The molecule has 0 saturated carbocycles. The summed E-state index contributed by atoms with van der Waals surface area (Å²) in [5, 5.41) is 7.32. The predicted octanol–water partition coefficient (Wildman–Crippen LogP) is 1.88. The molecule has 2 aromatic heterocycles. The Morgan fingerprint density at radius 3 is 3.09 bits per heavy atom. The summed E-state index contributed by atoms with van der Waals surface area (Å²) in [4.78, 5) is 19.1. The molecule has 6 nitrogen and oxygen atoms in total. The summed E-state index contributed by atoms with van der Waals surface area (Å²) in [5.74, 6) is 1.10. The lowest BCUT2D eigenvalue weighted by atomic mass is 10.0. The van der Waals surface area contributed by atoms with Gasteiger partial charge in [-0.1, -0.05) is 0 Å². The lowest BCUT2D eigenvalue weighted by Gasteiger charge is -2.33. The maximum atomic E-state index is 12.8. The van der Waals surface area contributed by atoms with Crippen molar-refractivity contribution in [3.63, 3.8) is 0 Å². The van der Waals surface area contributed by atoms with Crippen molar-refractivity contribution >= 4 is 5.91 Å². The van der Waals surface area contributed by atoms with E-state index >= 15 is 0 Å². The van der Waals surface area contributed by atoms with Crippen molar-refractivity contribution in [3.05, 3.63) is 35.2 Å². The first-order valence-corrected chi connectivity index (χ1v) is 8.09. The molecule has 1 saturated heterocycles. The number of nitrogens with one attached hydrogen (secondary N) is 1. The second-order valence-corrected chi connectivity index (χ2v) is 6.31. The van der Waals surface area contributed by atoms with Crippen LogP contribution in [0.2, 0.25) is 0 Å². The van der Waals surface area contributed by atoms with Crippen LogP contribution in [0.5, 0.6) is 0 Å². The van der Waals surface area contributed by atoms with Crippen molar-refractivity contribution < 1.29 is 4.79 Å². The van der Waals surface area contributed by atoms with Crippen LogP contribution in [0, 0.1) is 6.92 Å². The fourth-order valence-corrected chi connectivity index (χ4v) is 3.79. The second-order valence-electron chi connectivity index (χ2n) is 6.31. The molecule has 1 amide bonds. The minimum Gasteiger partial charge on any atom is -0.335 e. The summed E-state index contributed by atoms with van der Waals surface area (Å²) in [6.45, 7) is 3.59. The number of fused-ring (bicyclic) bond motifs is 1. The number of aromatic amines is 1. The van der Waals surface area contributed by atoms with Crippen LogP contribution < -0.4 is 0 Å². The van der Waals surface area contributed by atoms with Crippen molar-refractivity contribution in [2.75, 3.05) is 13.1 Å². The third-order valence-corrected chi connectivity index (χ3v) is 4.95. The van der Waals surface area contributed by atoms with Gasteiger partial charge in [-0.3, -0.25) is 9.89 Å². The van der Waals surface area contributed by atoms with Gasteiger partial charge in [0, 0.05) is 36.7 Å². The van der Waals surface area contributed by atoms with E-state index in [9.17, 15) is 4.79 Å². The highest BCUT2D eigenvalue weighted by atomic mass is 16.2. The number of nitrogens with zero attached hydrogens (tertiary/aromatic N) is 4. The second kappa shape index (κ2) is 5.26. The van der Waals surface area contributed by atoms with Crippen molar-refractivity contribution in [2.45, 2.75) is 45.1 Å². The Hall–Kier alpha value is -2.11. The van der Waals surface area contributed by atoms with Crippen LogP contribution in [0.25, 0.3) is 0 Å². The number of aryl methyl sites for hydroxylation is 2. The third-order valence-electron chi connectivity index (χ3n) is 4.95. The molecule has 2 aromatic rings. The Balaban J connectivity index is 1.55. The summed E-state index contributed by atoms with van der Waals surface area (Å²) >= 11 is 0. The first-order valence-electron chi connectivity index (χ1n) is 8.09. The van der Waals surface area contributed by atoms with Crippen LogP contribution in [0.1, 0.15) is 52.9 Å². The average molecular weight is 299 g/mol. The highest BCUT2D eigenvalue weighted by Gasteiger charge is 2.30. The minimum atomic E-state index is 0.0851. The van der Waals surface area contributed by atoms with E-state index in [1.807, 2.05) is 24.2 Å². The van der Waals surface area contributed by atoms with Crippen molar-refractivity contribution in [1.29, 1.82) is 0 Å². The van der Waals surface area contributed by atoms with Crippen molar-refractivity contribution in [1.82, 2.24) is 24.6 Å². The molecule has 22 heavy (non-hydrogen) atoms. The SMILES string of the molecule is Cc1nccn1[C@H]1CCCN(C(=O)c2n[nH]c3c2CCC3)C1. The number of carbonyl (C=O) groups excluding carboxylic acids is 1. The Morgan fingerprint density at radius 1 is 1.36 bits per heavy atom. The highest BCUT2D eigenvalue weighted by Crippen LogP contribution is 2.27. The van der Waals surface area contributed by atoms with E-state index in [0.29, 0.717) is 11.7 Å². The number of rotatable bonds is 2. The molecule has 1 atom stereocenters. The Bertz CT molecular complexity index is 701. The van der Waals surface area contributed by atoms with E-state index in [1.54, 1.807) is 0 Å². The zero-order valence-electron chi connectivity index (χ0n) is 12.9. The maximum absolute atomic E-state index is 12.8. The molecule has 116 valence electrons. The summed E-state index contributed by atoms with van der Waals surface area (Å²) < 4.78 is 2.19. The monoisotopic (exact) mass is 299 g/mol. The molecule has 0 radical (unpaired) electrons. The number of likely N-dealkylation sites (tertiary alicyclic amines) is 1. The molecule has 1 aliphatic carbocycles. The van der Waals surface area contributed by atoms with Crippen LogP contribution in [0.4, 0.5) is 0 Å². The molecular formula is C16H21N5O. The molecule has 1 fully saturated rings. The first-order chi connectivity index (χ1) is 10.7. The van der Waals surface area contributed by atoms with E-state index in [1.165, 1.54) is 0 Å². The summed E-state index contributed by atoms with van der Waals surface area (Å²) in [5.41, 5.74) is 2.95. The molecule has 6 heteroatoms. The van der Waals surface area contributed by atoms with Crippen molar-refractivity contribution in [3.8, 4) is 0 Å². The number of carbonyl (C=O) groups is 1. The topological polar surface area (TPSA) is 66.8 Å². The number of H-pyrrole nitrogens is 1. The van der Waals surface area contributed by atoms with Gasteiger partial charge in [-0.2, -0.15) is 5.10 Å². The van der Waals surface area contributed by atoms with Crippen LogP contribution in [-0.4, -0.2) is 43.6 Å². The zero-order chi connectivity index (χ0) is 15.1. The van der Waals surface area contributed by atoms with Gasteiger partial charge in [0.25, 0.3) is 5.91 Å². The van der Waals surface area contributed by atoms with E-state index < -0.39 is 0 Å². The molecular weight excluding hydrogens is 278 g/mol. The van der Waals surface area contributed by atoms with Gasteiger partial charge in [0.15, 0.2) is 5.69 Å². The standard InChI is InChI=1S/C16H21N5O/c1-11-17-7-9-21(11)12-4-3-8-20(10-12)16(22)15-13-5-2-6-14(13)18-19-15/h7,9,12H,2-6,8,10H2,1H3,(H,18,19)/t12-/m0/s1. The maximum Gasteiger partial charge on any atom is 0.274 e. The number of amides is 1. The molecule has 0 aromatic carbocycles. The van der Waals surface area contributed by atoms with Crippen molar-refractivity contribution in [2.24, 2.45) is 0 Å². The normalized spacial score (nSPS) is 21.1. The summed E-state index contributed by atoms with van der Waals surface area (Å²) in [7, 11) is 0. The van der Waals surface area contributed by atoms with E-state index in [4.69, 9.17) is 0 Å². The van der Waals surface area contributed by atoms with Crippen LogP contribution >= 0.6 is 0 Å². The van der Waals surface area contributed by atoms with Gasteiger partial charge >= 0.3 is 0 Å². The smallest absolute Gasteiger partial charge is 0.274 e. The largest absolute Gasteiger partial charge is 0.335 e. The molecule has 2 aliphatic rings. The molecule has 1 aliphatic heterocycles. The van der Waals surface area contributed by atoms with E-state index in [2.05, 4.69) is 19.7 Å². The fraction of sp³-hybridized carbons (Fsp3) is 0.562. The van der Waals surface area contributed by atoms with Gasteiger partial charge < -0.3 is 9.47 Å². The highest BCUT2D eigenvalue weighted by molar-refractivity contribution is 5.94. The quantitative estimate of drug-likeness (QED) is 0.920. The fourth-order valence-electron chi connectivity index (χ4n) is 3.79. The van der Waals surface area contributed by atoms with Crippen LogP contribution in [0.15, 0.2) is 12.4 Å². The van der Waals surface area contributed by atoms with Gasteiger partial charge in [0.2, 0.25) is 0 Å². The number of aromatic nitrogens is 4.